The van der Waals surface area contributed by atoms with Crippen LogP contribution < -0.4 is 10.2 Å². The van der Waals surface area contributed by atoms with Crippen LogP contribution in [0, 0.1) is 11.8 Å². The topological polar surface area (TPSA) is 82.1 Å². The lowest BCUT2D eigenvalue weighted by Crippen LogP contribution is -2.32. The van der Waals surface area contributed by atoms with Crippen LogP contribution in [0.4, 0.5) is 21.0 Å². The summed E-state index contributed by atoms with van der Waals surface area (Å²) in [7, 11) is 3.23. The Morgan fingerprint density at radius 2 is 2.09 bits per heavy atom. The molecule has 1 rings (SSSR count). The summed E-state index contributed by atoms with van der Waals surface area (Å²) in [6.45, 7) is 1.68. The van der Waals surface area contributed by atoms with Crippen molar-refractivity contribution in [1.29, 1.82) is 0 Å². The van der Waals surface area contributed by atoms with Gasteiger partial charge in [0.1, 0.15) is 13.3 Å². The molecule has 7 heteroatoms. The Morgan fingerprint density at radius 1 is 1.36 bits per heavy atom. The number of carbonyl (C=O) groups is 2. The van der Waals surface area contributed by atoms with E-state index in [1.165, 1.54) is 4.90 Å². The van der Waals surface area contributed by atoms with Crippen LogP contribution >= 0.6 is 0 Å². The molecule has 0 aromatic heterocycles. The summed E-state index contributed by atoms with van der Waals surface area (Å²) in [4.78, 5) is 25.3. The lowest BCUT2D eigenvalue weighted by molar-refractivity contribution is 0.151. The van der Waals surface area contributed by atoms with Crippen LogP contribution in [0.3, 0.4) is 0 Å². The maximum Gasteiger partial charge on any atom is 0.413 e. The molecule has 0 atom stereocenters. The molecule has 0 aliphatic rings. The van der Waals surface area contributed by atoms with Crippen LogP contribution in [-0.4, -0.2) is 49.6 Å². The molecule has 2 N–H and O–H groups in total. The highest BCUT2D eigenvalue weighted by Gasteiger charge is 2.15. The van der Waals surface area contributed by atoms with Gasteiger partial charge in [-0.1, -0.05) is 12.0 Å². The highest BCUT2D eigenvalue weighted by atomic mass is 16.5. The minimum Gasteiger partial charge on any atom is -0.465 e. The van der Waals surface area contributed by atoms with E-state index in [9.17, 15) is 14.7 Å². The summed E-state index contributed by atoms with van der Waals surface area (Å²) in [5.41, 5.74) is 0.893. The number of hydrogen-bond acceptors (Lipinski definition) is 3. The van der Waals surface area contributed by atoms with Gasteiger partial charge in [-0.05, 0) is 25.1 Å². The van der Waals surface area contributed by atoms with Gasteiger partial charge in [0, 0.05) is 19.8 Å². The molecule has 0 aliphatic heterocycles. The summed E-state index contributed by atoms with van der Waals surface area (Å²) in [6, 6.07) is 6.21. The number of hydrogen-bond donors (Lipinski definition) is 2. The van der Waals surface area contributed by atoms with E-state index in [0.29, 0.717) is 11.4 Å². The van der Waals surface area contributed by atoms with Crippen molar-refractivity contribution in [2.24, 2.45) is 0 Å². The number of nitrogens with zero attached hydrogens (tertiary/aromatic N) is 2. The van der Waals surface area contributed by atoms with E-state index in [1.54, 1.807) is 45.3 Å². The van der Waals surface area contributed by atoms with Crippen LogP contribution in [0.15, 0.2) is 24.3 Å². The second-order valence-corrected chi connectivity index (χ2v) is 4.49. The van der Waals surface area contributed by atoms with Gasteiger partial charge in [-0.15, -0.1) is 5.92 Å². The van der Waals surface area contributed by atoms with Gasteiger partial charge in [0.15, 0.2) is 0 Å². The first kappa shape index (κ1) is 17.3. The maximum atomic E-state index is 11.6. The normalized spacial score (nSPS) is 9.41. The van der Waals surface area contributed by atoms with E-state index in [1.807, 2.05) is 0 Å². The summed E-state index contributed by atoms with van der Waals surface area (Å²) in [5, 5.41) is 11.9. The standard InChI is InChI=1S/C15H19N3O4/c1-4-5-9-22-11-18(15(20)21)13-8-6-7-12(10-13)16-14(19)17(2)3/h6-8,10H,9,11H2,1-3H3,(H,16,19)(H,20,21). The molecule has 0 heterocycles. The molecule has 1 aromatic carbocycles. The Hall–Kier alpha value is -2.72. The lowest BCUT2D eigenvalue weighted by atomic mass is 10.2. The number of carbonyl (C=O) groups excluding carboxylic acids is 1. The number of amides is 3. The predicted octanol–water partition coefficient (Wildman–Crippen LogP) is 2.26. The van der Waals surface area contributed by atoms with Gasteiger partial charge in [0.05, 0.1) is 5.69 Å². The number of rotatable bonds is 5. The highest BCUT2D eigenvalue weighted by molar-refractivity contribution is 5.91. The van der Waals surface area contributed by atoms with Crippen molar-refractivity contribution in [2.45, 2.75) is 6.92 Å². The van der Waals surface area contributed by atoms with Gasteiger partial charge in [0.25, 0.3) is 0 Å². The molecule has 3 amide bonds. The van der Waals surface area contributed by atoms with Crippen molar-refractivity contribution < 1.29 is 19.4 Å². The van der Waals surface area contributed by atoms with Crippen LogP contribution in [0.5, 0.6) is 0 Å². The zero-order chi connectivity index (χ0) is 16.5. The van der Waals surface area contributed by atoms with Gasteiger partial charge < -0.3 is 20.1 Å². The average Bonchev–Trinajstić information content (AvgIpc) is 2.47. The summed E-state index contributed by atoms with van der Waals surface area (Å²) >= 11 is 0. The van der Waals surface area contributed by atoms with E-state index in [4.69, 9.17) is 4.74 Å². The largest absolute Gasteiger partial charge is 0.465 e. The molecule has 22 heavy (non-hydrogen) atoms. The van der Waals surface area contributed by atoms with Crippen molar-refractivity contribution >= 4 is 23.5 Å². The zero-order valence-corrected chi connectivity index (χ0v) is 12.8. The minimum atomic E-state index is -1.15. The first-order valence-electron chi connectivity index (χ1n) is 6.52. The number of anilines is 2. The van der Waals surface area contributed by atoms with Gasteiger partial charge in [-0.3, -0.25) is 4.90 Å². The summed E-state index contributed by atoms with van der Waals surface area (Å²) < 4.78 is 5.19. The van der Waals surface area contributed by atoms with Crippen molar-refractivity contribution in [3.8, 4) is 11.8 Å². The van der Waals surface area contributed by atoms with Crippen LogP contribution in [0.2, 0.25) is 0 Å². The van der Waals surface area contributed by atoms with Gasteiger partial charge in [0.2, 0.25) is 0 Å². The first-order valence-corrected chi connectivity index (χ1v) is 6.52. The van der Waals surface area contributed by atoms with E-state index in [-0.39, 0.29) is 19.4 Å². The fourth-order valence-corrected chi connectivity index (χ4v) is 1.49. The summed E-state index contributed by atoms with van der Waals surface area (Å²) in [5.74, 6) is 5.35. The van der Waals surface area contributed by atoms with Crippen molar-refractivity contribution in [3.63, 3.8) is 0 Å². The SMILES string of the molecule is CC#CCOCN(C(=O)O)c1cccc(NC(=O)N(C)C)c1. The third-order valence-electron chi connectivity index (χ3n) is 2.62. The van der Waals surface area contributed by atoms with E-state index in [0.717, 1.165) is 4.90 Å². The zero-order valence-electron chi connectivity index (χ0n) is 12.8. The second-order valence-electron chi connectivity index (χ2n) is 4.49. The molecule has 7 nitrogen and oxygen atoms in total. The Labute approximate surface area is 129 Å². The maximum absolute atomic E-state index is 11.6. The smallest absolute Gasteiger partial charge is 0.413 e. The number of benzene rings is 1. The third-order valence-corrected chi connectivity index (χ3v) is 2.62. The van der Waals surface area contributed by atoms with Crippen molar-refractivity contribution in [2.75, 3.05) is 37.6 Å². The molecular weight excluding hydrogens is 286 g/mol. The van der Waals surface area contributed by atoms with Crippen LogP contribution in [0.25, 0.3) is 0 Å². The summed E-state index contributed by atoms with van der Waals surface area (Å²) in [6.07, 6.45) is -1.15. The third kappa shape index (κ3) is 5.34. The number of ether oxygens (including phenoxy) is 1. The molecule has 1 aromatic rings. The van der Waals surface area contributed by atoms with Crippen LogP contribution in [0.1, 0.15) is 6.92 Å². The monoisotopic (exact) mass is 305 g/mol. The Morgan fingerprint density at radius 3 is 2.68 bits per heavy atom. The minimum absolute atomic E-state index is 0.144. The Balaban J connectivity index is 2.83. The van der Waals surface area contributed by atoms with E-state index < -0.39 is 6.09 Å². The van der Waals surface area contributed by atoms with Gasteiger partial charge in [-0.25, -0.2) is 9.59 Å². The molecule has 0 radical (unpaired) electrons. The molecule has 0 saturated heterocycles. The van der Waals surface area contributed by atoms with Gasteiger partial charge >= 0.3 is 12.1 Å². The number of urea groups is 1. The Kier molecular flexibility index (Phi) is 6.73. The quantitative estimate of drug-likeness (QED) is 0.496. The molecule has 0 fully saturated rings. The molecule has 118 valence electrons. The molecule has 0 aliphatic carbocycles. The van der Waals surface area contributed by atoms with Crippen molar-refractivity contribution in [1.82, 2.24) is 4.90 Å². The molecular formula is C15H19N3O4. The molecule has 0 bridgehead atoms. The fraction of sp³-hybridized carbons (Fsp3) is 0.333. The van der Waals surface area contributed by atoms with Crippen molar-refractivity contribution in [3.05, 3.63) is 24.3 Å². The first-order chi connectivity index (χ1) is 10.5. The second kappa shape index (κ2) is 8.54. The van der Waals surface area contributed by atoms with E-state index >= 15 is 0 Å². The molecule has 0 unspecified atom stereocenters. The number of nitrogens with one attached hydrogen (secondary N) is 1. The molecule has 0 saturated carbocycles. The van der Waals surface area contributed by atoms with E-state index in [2.05, 4.69) is 17.2 Å². The fourth-order valence-electron chi connectivity index (χ4n) is 1.49. The molecule has 0 spiro atoms. The Bertz CT molecular complexity index is 590. The van der Waals surface area contributed by atoms with Crippen LogP contribution in [-0.2, 0) is 4.74 Å². The average molecular weight is 305 g/mol. The lowest BCUT2D eigenvalue weighted by Gasteiger charge is -2.20. The number of carboxylic acid groups (broad SMARTS) is 1. The highest BCUT2D eigenvalue weighted by Crippen LogP contribution is 2.20. The predicted molar refractivity (Wildman–Crippen MR) is 83.9 cm³/mol. The van der Waals surface area contributed by atoms with Gasteiger partial charge in [-0.2, -0.15) is 0 Å².